The van der Waals surface area contributed by atoms with Gasteiger partial charge < -0.3 is 29.7 Å². The Bertz CT molecular complexity index is 673. The summed E-state index contributed by atoms with van der Waals surface area (Å²) in [5.41, 5.74) is -0.781. The van der Waals surface area contributed by atoms with Gasteiger partial charge in [-0.05, 0) is 40.0 Å². The van der Waals surface area contributed by atoms with E-state index in [-0.39, 0.29) is 25.7 Å². The number of fused-ring (bicyclic) bond motifs is 1. The van der Waals surface area contributed by atoms with Crippen molar-refractivity contribution in [3.05, 3.63) is 12.7 Å². The van der Waals surface area contributed by atoms with Crippen molar-refractivity contribution in [3.8, 4) is 0 Å². The molecule has 10 nitrogen and oxygen atoms in total. The number of alkyl carbamates (subject to hydrolysis) is 1. The molecule has 0 aromatic carbocycles. The molecular formula is C19H29N3O7. The highest BCUT2D eigenvalue weighted by Gasteiger charge is 2.45. The van der Waals surface area contributed by atoms with E-state index in [4.69, 9.17) is 9.47 Å². The molecule has 10 heteroatoms. The zero-order valence-electron chi connectivity index (χ0n) is 17.1. The van der Waals surface area contributed by atoms with E-state index in [0.29, 0.717) is 19.3 Å². The minimum atomic E-state index is -1.15. The third-order valence-corrected chi connectivity index (χ3v) is 4.75. The van der Waals surface area contributed by atoms with Crippen LogP contribution in [0.25, 0.3) is 0 Å². The van der Waals surface area contributed by atoms with Gasteiger partial charge in [0.15, 0.2) is 0 Å². The van der Waals surface area contributed by atoms with E-state index in [2.05, 4.69) is 11.9 Å². The standard InChI is InChI=1S/C19H29N3O7/c1-5-10-28-18(27)21-9-8-12-6-7-14(16(24)25)22(12)15(23)13(11-21)20-17(26)29-19(2,3)4/h5,12-14H,1,6-11H2,2-4H3,(H,20,26)(H,24,25)/t12-,13+,14+/m1/s1. The highest BCUT2D eigenvalue weighted by Crippen LogP contribution is 2.29. The zero-order chi connectivity index (χ0) is 21.8. The SMILES string of the molecule is C=CCOC(=O)N1CC[C@H]2CC[C@@H](C(=O)O)N2C(=O)[C@@H](NC(=O)OC(C)(C)C)C1. The van der Waals surface area contributed by atoms with Gasteiger partial charge in [0.2, 0.25) is 5.91 Å². The molecule has 162 valence electrons. The highest BCUT2D eigenvalue weighted by molar-refractivity contribution is 5.90. The summed E-state index contributed by atoms with van der Waals surface area (Å²) in [6.45, 7) is 8.68. The van der Waals surface area contributed by atoms with E-state index in [1.165, 1.54) is 15.9 Å². The molecule has 29 heavy (non-hydrogen) atoms. The number of aliphatic carboxylic acids is 1. The van der Waals surface area contributed by atoms with Crippen molar-refractivity contribution in [1.82, 2.24) is 15.1 Å². The maximum absolute atomic E-state index is 13.2. The van der Waals surface area contributed by atoms with E-state index in [9.17, 15) is 24.3 Å². The van der Waals surface area contributed by atoms with Gasteiger partial charge in [-0.1, -0.05) is 12.7 Å². The van der Waals surface area contributed by atoms with Crippen LogP contribution in [0, 0.1) is 0 Å². The fraction of sp³-hybridized carbons (Fsp3) is 0.684. The molecule has 2 N–H and O–H groups in total. The van der Waals surface area contributed by atoms with Gasteiger partial charge in [-0.3, -0.25) is 4.79 Å². The molecular weight excluding hydrogens is 382 g/mol. The Labute approximate surface area is 169 Å². The number of nitrogens with one attached hydrogen (secondary N) is 1. The number of amides is 3. The molecule has 3 atom stereocenters. The lowest BCUT2D eigenvalue weighted by Gasteiger charge is -2.37. The van der Waals surface area contributed by atoms with Gasteiger partial charge in [0.1, 0.15) is 24.3 Å². The summed E-state index contributed by atoms with van der Waals surface area (Å²) in [5, 5.41) is 12.0. The molecule has 0 aromatic rings. The van der Waals surface area contributed by atoms with Crippen molar-refractivity contribution in [3.63, 3.8) is 0 Å². The van der Waals surface area contributed by atoms with Crippen LogP contribution < -0.4 is 5.32 Å². The maximum Gasteiger partial charge on any atom is 0.410 e. The lowest BCUT2D eigenvalue weighted by Crippen LogP contribution is -2.60. The number of carboxylic acid groups (broad SMARTS) is 1. The largest absolute Gasteiger partial charge is 0.480 e. The van der Waals surface area contributed by atoms with Crippen molar-refractivity contribution < 1.29 is 33.8 Å². The van der Waals surface area contributed by atoms with E-state index in [1.807, 2.05) is 0 Å². The summed E-state index contributed by atoms with van der Waals surface area (Å²) in [7, 11) is 0. The Hall–Kier alpha value is -2.78. The first-order valence-corrected chi connectivity index (χ1v) is 9.60. The number of carboxylic acids is 1. The van der Waals surface area contributed by atoms with Gasteiger partial charge in [-0.15, -0.1) is 0 Å². The lowest BCUT2D eigenvalue weighted by atomic mass is 10.1. The third kappa shape index (κ3) is 5.85. The van der Waals surface area contributed by atoms with Gasteiger partial charge in [0.05, 0.1) is 6.54 Å². The van der Waals surface area contributed by atoms with Crippen molar-refractivity contribution >= 4 is 24.1 Å². The molecule has 2 fully saturated rings. The average molecular weight is 411 g/mol. The van der Waals surface area contributed by atoms with Crippen LogP contribution in [0.4, 0.5) is 9.59 Å². The molecule has 2 heterocycles. The molecule has 0 radical (unpaired) electrons. The molecule has 0 aliphatic carbocycles. The summed E-state index contributed by atoms with van der Waals surface area (Å²) >= 11 is 0. The summed E-state index contributed by atoms with van der Waals surface area (Å²) in [6, 6.07) is -2.43. The Morgan fingerprint density at radius 3 is 2.55 bits per heavy atom. The lowest BCUT2D eigenvalue weighted by molar-refractivity contribution is -0.151. The zero-order valence-corrected chi connectivity index (χ0v) is 17.1. The van der Waals surface area contributed by atoms with E-state index >= 15 is 0 Å². The second-order valence-corrected chi connectivity index (χ2v) is 8.13. The van der Waals surface area contributed by atoms with E-state index in [0.717, 1.165) is 0 Å². The minimum Gasteiger partial charge on any atom is -0.480 e. The molecule has 2 rings (SSSR count). The topological polar surface area (TPSA) is 125 Å². The molecule has 0 spiro atoms. The molecule has 2 aliphatic rings. The Balaban J connectivity index is 2.25. The second kappa shape index (κ2) is 9.15. The Morgan fingerprint density at radius 2 is 1.97 bits per heavy atom. The number of hydrogen-bond acceptors (Lipinski definition) is 6. The number of rotatable bonds is 4. The minimum absolute atomic E-state index is 0.0179. The summed E-state index contributed by atoms with van der Waals surface area (Å²) in [4.78, 5) is 52.1. The number of carbonyl (C=O) groups excluding carboxylic acids is 3. The molecule has 0 bridgehead atoms. The van der Waals surface area contributed by atoms with E-state index < -0.39 is 41.7 Å². The maximum atomic E-state index is 13.2. The number of carbonyl (C=O) groups is 4. The molecule has 0 saturated carbocycles. The first-order valence-electron chi connectivity index (χ1n) is 9.60. The third-order valence-electron chi connectivity index (χ3n) is 4.75. The van der Waals surface area contributed by atoms with Gasteiger partial charge in [0.25, 0.3) is 0 Å². The summed E-state index contributed by atoms with van der Waals surface area (Å²) in [6.07, 6.45) is 1.24. The molecule has 2 aliphatic heterocycles. The first-order chi connectivity index (χ1) is 13.5. The molecule has 0 unspecified atom stereocenters. The van der Waals surface area contributed by atoms with Crippen LogP contribution in [0.15, 0.2) is 12.7 Å². The summed E-state index contributed by atoms with van der Waals surface area (Å²) < 4.78 is 10.3. The Kier molecular flexibility index (Phi) is 7.10. The van der Waals surface area contributed by atoms with E-state index in [1.54, 1.807) is 20.8 Å². The van der Waals surface area contributed by atoms with Crippen LogP contribution in [0.5, 0.6) is 0 Å². The van der Waals surface area contributed by atoms with Crippen LogP contribution in [0.1, 0.15) is 40.0 Å². The fourth-order valence-corrected chi connectivity index (χ4v) is 3.56. The van der Waals surface area contributed by atoms with Gasteiger partial charge >= 0.3 is 18.2 Å². The Morgan fingerprint density at radius 1 is 1.28 bits per heavy atom. The van der Waals surface area contributed by atoms with Crippen molar-refractivity contribution in [1.29, 1.82) is 0 Å². The smallest absolute Gasteiger partial charge is 0.410 e. The monoisotopic (exact) mass is 411 g/mol. The first kappa shape index (κ1) is 22.5. The van der Waals surface area contributed by atoms with Crippen molar-refractivity contribution in [2.75, 3.05) is 19.7 Å². The fourth-order valence-electron chi connectivity index (χ4n) is 3.56. The quantitative estimate of drug-likeness (QED) is 0.669. The number of hydrogen-bond donors (Lipinski definition) is 2. The van der Waals surface area contributed by atoms with Crippen LogP contribution in [0.3, 0.4) is 0 Å². The number of ether oxygens (including phenoxy) is 2. The van der Waals surface area contributed by atoms with Crippen LogP contribution in [-0.4, -0.2) is 82.4 Å². The van der Waals surface area contributed by atoms with Gasteiger partial charge in [0, 0.05) is 12.6 Å². The molecule has 0 aromatic heterocycles. The van der Waals surface area contributed by atoms with Crippen LogP contribution in [0.2, 0.25) is 0 Å². The van der Waals surface area contributed by atoms with Crippen molar-refractivity contribution in [2.45, 2.75) is 63.8 Å². The molecule has 3 amide bonds. The van der Waals surface area contributed by atoms with Gasteiger partial charge in [-0.2, -0.15) is 0 Å². The second-order valence-electron chi connectivity index (χ2n) is 8.13. The van der Waals surface area contributed by atoms with Gasteiger partial charge in [-0.25, -0.2) is 14.4 Å². The normalized spacial score (nSPS) is 24.8. The summed E-state index contributed by atoms with van der Waals surface area (Å²) in [5.74, 6) is -1.63. The predicted octanol–water partition coefficient (Wildman–Crippen LogP) is 1.35. The predicted molar refractivity (Wildman–Crippen MR) is 102 cm³/mol. The van der Waals surface area contributed by atoms with Crippen LogP contribution in [-0.2, 0) is 19.1 Å². The average Bonchev–Trinajstić information content (AvgIpc) is 3.02. The highest BCUT2D eigenvalue weighted by atomic mass is 16.6. The number of nitrogens with zero attached hydrogens (tertiary/aromatic N) is 2. The van der Waals surface area contributed by atoms with Crippen molar-refractivity contribution in [2.24, 2.45) is 0 Å². The van der Waals surface area contributed by atoms with Crippen LogP contribution >= 0.6 is 0 Å². The molecule has 2 saturated heterocycles.